The first kappa shape index (κ1) is 84.1. The summed E-state index contributed by atoms with van der Waals surface area (Å²) in [6.07, 6.45) is 43.2. The fraction of sp³-hybridized carbons (Fsp3) is 0.940. The fourth-order valence-electron chi connectivity index (χ4n) is 10.1. The number of phosphoric acid groups is 2. The lowest BCUT2D eigenvalue weighted by molar-refractivity contribution is -0.161. The molecule has 0 aromatic carbocycles. The van der Waals surface area contributed by atoms with E-state index in [0.717, 1.165) is 102 Å². The molecular formula is C67H130O17P2. The SMILES string of the molecule is CCCCCCCCCCCC(=O)OC[C@H](COP(=O)(O)OC[C@H](O)COP(=O)(O)OC[C@@H](COC(=O)CCCCCCCCCC(C)C)OC(=O)CCCCCCCCCCCCCCCCCC(C)C)OC(=O)CCCCCCCCCCC. The highest BCUT2D eigenvalue weighted by Gasteiger charge is 2.30. The van der Waals surface area contributed by atoms with E-state index in [2.05, 4.69) is 41.5 Å². The van der Waals surface area contributed by atoms with Crippen molar-refractivity contribution in [2.45, 2.75) is 355 Å². The molecule has 0 saturated heterocycles. The quantitative estimate of drug-likeness (QED) is 0.0222. The molecule has 0 aromatic heterocycles. The van der Waals surface area contributed by atoms with Crippen molar-refractivity contribution in [2.75, 3.05) is 39.6 Å². The third-order valence-electron chi connectivity index (χ3n) is 15.5. The van der Waals surface area contributed by atoms with Crippen molar-refractivity contribution in [1.82, 2.24) is 0 Å². The van der Waals surface area contributed by atoms with Gasteiger partial charge < -0.3 is 33.8 Å². The number of phosphoric ester groups is 2. The molecule has 0 saturated carbocycles. The third kappa shape index (κ3) is 60.9. The minimum absolute atomic E-state index is 0.106. The highest BCUT2D eigenvalue weighted by molar-refractivity contribution is 7.47. The van der Waals surface area contributed by atoms with Gasteiger partial charge in [0.15, 0.2) is 12.2 Å². The second kappa shape index (κ2) is 59.4. The van der Waals surface area contributed by atoms with Crippen LogP contribution in [0.4, 0.5) is 0 Å². The number of carbonyl (C=O) groups is 4. The number of carbonyl (C=O) groups excluding carboxylic acids is 4. The molecule has 0 rings (SSSR count). The van der Waals surface area contributed by atoms with Gasteiger partial charge in [-0.25, -0.2) is 9.13 Å². The molecule has 510 valence electrons. The normalized spacial score (nSPS) is 14.2. The monoisotopic (exact) mass is 1270 g/mol. The van der Waals surface area contributed by atoms with Crippen molar-refractivity contribution in [2.24, 2.45) is 11.8 Å². The van der Waals surface area contributed by atoms with Crippen molar-refractivity contribution in [3.8, 4) is 0 Å². The largest absolute Gasteiger partial charge is 0.472 e. The number of unbranched alkanes of at least 4 members (excludes halogenated alkanes) is 36. The molecule has 3 N–H and O–H groups in total. The van der Waals surface area contributed by atoms with Gasteiger partial charge in [0.1, 0.15) is 19.3 Å². The summed E-state index contributed by atoms with van der Waals surface area (Å²) in [6, 6.07) is 0. The standard InChI is InChI=1S/C67H130O17P2/c1-7-9-11-13-15-24-31-37-43-49-64(69)77-55-62(83-66(71)51-45-39-32-25-16-14-12-10-8-2)57-81-85(73,74)79-53-61(68)54-80-86(75,76)82-58-63(56-78-65(70)50-44-38-34-28-30-36-42-48-60(5)6)84-67(72)52-46-40-33-27-23-21-19-17-18-20-22-26-29-35-41-47-59(3)4/h59-63,68H,7-58H2,1-6H3,(H,73,74)(H,75,76)/t61-,62+,63+/m0/s1. The summed E-state index contributed by atoms with van der Waals surface area (Å²) in [5.41, 5.74) is 0. The Balaban J connectivity index is 5.18. The molecule has 0 aromatic rings. The number of hydrogen-bond donors (Lipinski definition) is 3. The topological polar surface area (TPSA) is 237 Å². The Bertz CT molecular complexity index is 1680. The number of ether oxygens (including phenoxy) is 4. The maximum Gasteiger partial charge on any atom is 0.472 e. The summed E-state index contributed by atoms with van der Waals surface area (Å²) in [4.78, 5) is 72.2. The molecule has 0 radical (unpaired) electrons. The molecule has 5 atom stereocenters. The van der Waals surface area contributed by atoms with E-state index in [0.29, 0.717) is 31.6 Å². The van der Waals surface area contributed by atoms with Crippen LogP contribution in [0.15, 0.2) is 0 Å². The van der Waals surface area contributed by atoms with E-state index in [1.54, 1.807) is 0 Å². The Labute approximate surface area is 524 Å². The third-order valence-corrected chi connectivity index (χ3v) is 17.4. The highest BCUT2D eigenvalue weighted by Crippen LogP contribution is 2.45. The highest BCUT2D eigenvalue weighted by atomic mass is 31.2. The number of aliphatic hydroxyl groups excluding tert-OH is 1. The molecular weight excluding hydrogens is 1140 g/mol. The van der Waals surface area contributed by atoms with Crippen LogP contribution >= 0.6 is 15.6 Å². The van der Waals surface area contributed by atoms with Crippen molar-refractivity contribution in [3.05, 3.63) is 0 Å². The van der Waals surface area contributed by atoms with E-state index in [-0.39, 0.29) is 25.7 Å². The minimum Gasteiger partial charge on any atom is -0.462 e. The Morgan fingerprint density at radius 1 is 0.314 bits per heavy atom. The van der Waals surface area contributed by atoms with Crippen LogP contribution in [-0.2, 0) is 65.4 Å². The van der Waals surface area contributed by atoms with E-state index in [9.17, 15) is 43.2 Å². The minimum atomic E-state index is -4.95. The van der Waals surface area contributed by atoms with Crippen LogP contribution in [0.5, 0.6) is 0 Å². The van der Waals surface area contributed by atoms with Crippen LogP contribution < -0.4 is 0 Å². The average Bonchev–Trinajstić information content (AvgIpc) is 3.65. The van der Waals surface area contributed by atoms with E-state index in [1.807, 2.05) is 0 Å². The van der Waals surface area contributed by atoms with Gasteiger partial charge >= 0.3 is 39.5 Å². The number of aliphatic hydroxyl groups is 1. The maximum atomic E-state index is 13.0. The van der Waals surface area contributed by atoms with Crippen LogP contribution in [0.1, 0.15) is 337 Å². The molecule has 0 bridgehead atoms. The number of hydrogen-bond acceptors (Lipinski definition) is 15. The lowest BCUT2D eigenvalue weighted by Crippen LogP contribution is -2.30. The second-order valence-corrected chi connectivity index (χ2v) is 28.1. The van der Waals surface area contributed by atoms with Crippen LogP contribution in [0.2, 0.25) is 0 Å². The molecule has 0 aliphatic carbocycles. The smallest absolute Gasteiger partial charge is 0.462 e. The Morgan fingerprint density at radius 2 is 0.535 bits per heavy atom. The van der Waals surface area contributed by atoms with Crippen LogP contribution in [0.25, 0.3) is 0 Å². The van der Waals surface area contributed by atoms with Gasteiger partial charge in [-0.15, -0.1) is 0 Å². The molecule has 86 heavy (non-hydrogen) atoms. The lowest BCUT2D eigenvalue weighted by Gasteiger charge is -2.21. The van der Waals surface area contributed by atoms with Gasteiger partial charge in [0, 0.05) is 25.7 Å². The molecule has 17 nitrogen and oxygen atoms in total. The summed E-state index contributed by atoms with van der Waals surface area (Å²) in [6.45, 7) is 9.46. The zero-order valence-corrected chi connectivity index (χ0v) is 57.4. The summed E-state index contributed by atoms with van der Waals surface area (Å²) in [5.74, 6) is -0.624. The van der Waals surface area contributed by atoms with Crippen molar-refractivity contribution < 1.29 is 80.2 Å². The van der Waals surface area contributed by atoms with Crippen LogP contribution in [0.3, 0.4) is 0 Å². The van der Waals surface area contributed by atoms with Crippen molar-refractivity contribution in [1.29, 1.82) is 0 Å². The molecule has 19 heteroatoms. The van der Waals surface area contributed by atoms with Crippen molar-refractivity contribution in [3.63, 3.8) is 0 Å². The van der Waals surface area contributed by atoms with E-state index in [4.69, 9.17) is 37.0 Å². The fourth-order valence-corrected chi connectivity index (χ4v) is 11.6. The van der Waals surface area contributed by atoms with Gasteiger partial charge in [0.25, 0.3) is 0 Å². The number of esters is 4. The van der Waals surface area contributed by atoms with E-state index >= 15 is 0 Å². The zero-order valence-electron chi connectivity index (χ0n) is 55.6. The van der Waals surface area contributed by atoms with Crippen LogP contribution in [-0.4, -0.2) is 96.7 Å². The van der Waals surface area contributed by atoms with Crippen molar-refractivity contribution >= 4 is 39.5 Å². The molecule has 0 fully saturated rings. The van der Waals surface area contributed by atoms with E-state index in [1.165, 1.54) is 148 Å². The van der Waals surface area contributed by atoms with Gasteiger partial charge in [0.2, 0.25) is 0 Å². The van der Waals surface area contributed by atoms with E-state index < -0.39 is 97.5 Å². The summed E-state index contributed by atoms with van der Waals surface area (Å²) >= 11 is 0. The lowest BCUT2D eigenvalue weighted by atomic mass is 10.0. The first-order valence-corrected chi connectivity index (χ1v) is 38.0. The predicted octanol–water partition coefficient (Wildman–Crippen LogP) is 18.8. The Morgan fingerprint density at radius 3 is 0.791 bits per heavy atom. The van der Waals surface area contributed by atoms with Gasteiger partial charge in [-0.3, -0.25) is 37.3 Å². The first-order valence-electron chi connectivity index (χ1n) is 35.0. The second-order valence-electron chi connectivity index (χ2n) is 25.2. The van der Waals surface area contributed by atoms with Gasteiger partial charge in [-0.2, -0.15) is 0 Å². The predicted molar refractivity (Wildman–Crippen MR) is 345 cm³/mol. The molecule has 0 aliphatic rings. The molecule has 0 heterocycles. The molecule has 0 amide bonds. The zero-order chi connectivity index (χ0) is 63.6. The summed E-state index contributed by atoms with van der Waals surface area (Å²) in [7, 11) is -9.89. The maximum absolute atomic E-state index is 13.0. The molecule has 0 spiro atoms. The summed E-state index contributed by atoms with van der Waals surface area (Å²) < 4.78 is 68.0. The van der Waals surface area contributed by atoms with Gasteiger partial charge in [-0.05, 0) is 37.5 Å². The Kier molecular flexibility index (Phi) is 58.0. The van der Waals surface area contributed by atoms with Crippen LogP contribution in [0, 0.1) is 11.8 Å². The van der Waals surface area contributed by atoms with Gasteiger partial charge in [0.05, 0.1) is 26.4 Å². The molecule has 2 unspecified atom stereocenters. The number of rotatable bonds is 66. The molecule has 0 aliphatic heterocycles. The van der Waals surface area contributed by atoms with Gasteiger partial charge in [-0.1, -0.05) is 286 Å². The Hall–Kier alpha value is -1.94. The average molecular weight is 1270 g/mol. The summed E-state index contributed by atoms with van der Waals surface area (Å²) in [5, 5.41) is 10.5. The first-order chi connectivity index (χ1) is 41.4.